The van der Waals surface area contributed by atoms with Gasteiger partial charge in [-0.2, -0.15) is 0 Å². The fourth-order valence-corrected chi connectivity index (χ4v) is 1.94. The van der Waals surface area contributed by atoms with E-state index >= 15 is 0 Å². The minimum atomic E-state index is 0.621. The van der Waals surface area contributed by atoms with Crippen molar-refractivity contribution in [1.82, 2.24) is 5.32 Å². The van der Waals surface area contributed by atoms with Crippen molar-refractivity contribution in [3.8, 4) is 0 Å². The summed E-state index contributed by atoms with van der Waals surface area (Å²) in [5.41, 5.74) is 2.79. The average molecular weight is 298 g/mol. The largest absolute Gasteiger partial charge is 0.313 e. The lowest BCUT2D eigenvalue weighted by Gasteiger charge is -2.09. The van der Waals surface area contributed by atoms with Crippen LogP contribution in [0.5, 0.6) is 0 Å². The average Bonchev–Trinajstić information content (AvgIpc) is 2.34. The van der Waals surface area contributed by atoms with Crippen LogP contribution in [0.25, 0.3) is 0 Å². The number of benzene rings is 1. The molecule has 1 rings (SSSR count). The molecule has 1 aromatic carbocycles. The molecular weight excluding hydrogens is 274 g/mol. The Morgan fingerprint density at radius 3 is 2.35 bits per heavy atom. The predicted molar refractivity (Wildman–Crippen MR) is 79.9 cm³/mol. The summed E-state index contributed by atoms with van der Waals surface area (Å²) in [4.78, 5) is 0.651. The van der Waals surface area contributed by atoms with Crippen LogP contribution in [-0.4, -0.2) is 11.4 Å². The van der Waals surface area contributed by atoms with Crippen LogP contribution in [0, 0.1) is 0 Å². The summed E-state index contributed by atoms with van der Waals surface area (Å²) in [6.45, 7) is 8.73. The summed E-state index contributed by atoms with van der Waals surface area (Å²) in [6.07, 6.45) is 2.39. The highest BCUT2D eigenvalue weighted by Gasteiger charge is 2.01. The molecule has 0 heterocycles. The lowest BCUT2D eigenvalue weighted by atomic mass is 10.0. The third kappa shape index (κ3) is 5.69. The van der Waals surface area contributed by atoms with E-state index in [2.05, 4.69) is 66.3 Å². The molecule has 0 aromatic heterocycles. The van der Waals surface area contributed by atoms with E-state index in [0.717, 1.165) is 13.1 Å². The van der Waals surface area contributed by atoms with Gasteiger partial charge >= 0.3 is 0 Å². The molecule has 1 unspecified atom stereocenters. The van der Waals surface area contributed by atoms with Gasteiger partial charge in [-0.3, -0.25) is 0 Å². The maximum absolute atomic E-state index is 3.65. The maximum Gasteiger partial charge on any atom is 0.0205 e. The van der Waals surface area contributed by atoms with Gasteiger partial charge in [0, 0.05) is 11.4 Å². The van der Waals surface area contributed by atoms with Crippen LogP contribution in [0.4, 0.5) is 0 Å². The van der Waals surface area contributed by atoms with Crippen molar-refractivity contribution >= 4 is 15.9 Å². The lowest BCUT2D eigenvalue weighted by Crippen LogP contribution is -2.17. The van der Waals surface area contributed by atoms with Crippen molar-refractivity contribution in [3.05, 3.63) is 35.4 Å². The van der Waals surface area contributed by atoms with E-state index in [0.29, 0.717) is 10.7 Å². The highest BCUT2D eigenvalue weighted by atomic mass is 79.9. The second-order valence-corrected chi connectivity index (χ2v) is 6.16. The molecule has 0 spiro atoms. The van der Waals surface area contributed by atoms with Crippen LogP contribution >= 0.6 is 15.9 Å². The molecule has 0 saturated heterocycles. The Morgan fingerprint density at radius 1 is 1.18 bits per heavy atom. The Kier molecular flexibility index (Phi) is 6.83. The van der Waals surface area contributed by atoms with Crippen molar-refractivity contribution in [1.29, 1.82) is 0 Å². The second-order valence-electron chi connectivity index (χ2n) is 4.87. The third-order valence-corrected chi connectivity index (χ3v) is 4.16. The third-order valence-electron chi connectivity index (χ3n) is 3.05. The molecule has 1 N–H and O–H groups in total. The monoisotopic (exact) mass is 297 g/mol. The number of rotatable bonds is 7. The van der Waals surface area contributed by atoms with Crippen LogP contribution in [0.15, 0.2) is 24.3 Å². The van der Waals surface area contributed by atoms with Crippen molar-refractivity contribution in [2.24, 2.45) is 0 Å². The van der Waals surface area contributed by atoms with Crippen molar-refractivity contribution in [3.63, 3.8) is 0 Å². The lowest BCUT2D eigenvalue weighted by molar-refractivity contribution is 0.630. The zero-order valence-electron chi connectivity index (χ0n) is 11.2. The first-order valence-electron chi connectivity index (χ1n) is 6.57. The topological polar surface area (TPSA) is 12.0 Å². The zero-order chi connectivity index (χ0) is 12.7. The Balaban J connectivity index is 2.28. The fourth-order valence-electron chi connectivity index (χ4n) is 1.72. The van der Waals surface area contributed by atoms with Gasteiger partial charge in [-0.1, -0.05) is 61.0 Å². The summed E-state index contributed by atoms with van der Waals surface area (Å²) in [5.74, 6) is 0.621. The molecular formula is C15H24BrN. The van der Waals surface area contributed by atoms with E-state index in [1.165, 1.54) is 24.0 Å². The molecule has 0 aliphatic carbocycles. The van der Waals surface area contributed by atoms with Crippen molar-refractivity contribution < 1.29 is 0 Å². The second kappa shape index (κ2) is 7.88. The SMILES string of the molecule is CCC(Br)CCNCc1ccc(C(C)C)cc1. The minimum Gasteiger partial charge on any atom is -0.313 e. The van der Waals surface area contributed by atoms with E-state index in [1.54, 1.807) is 0 Å². The molecule has 0 saturated carbocycles. The Labute approximate surface area is 114 Å². The molecule has 1 atom stereocenters. The van der Waals surface area contributed by atoms with Crippen molar-refractivity contribution in [2.75, 3.05) is 6.54 Å². The van der Waals surface area contributed by atoms with Crippen LogP contribution in [0.3, 0.4) is 0 Å². The van der Waals surface area contributed by atoms with Crippen LogP contribution in [-0.2, 0) is 6.54 Å². The molecule has 0 aliphatic heterocycles. The first kappa shape index (κ1) is 14.7. The summed E-state index contributed by atoms with van der Waals surface area (Å²) < 4.78 is 0. The van der Waals surface area contributed by atoms with Crippen LogP contribution in [0.2, 0.25) is 0 Å². The molecule has 0 bridgehead atoms. The van der Waals surface area contributed by atoms with Gasteiger partial charge in [0.15, 0.2) is 0 Å². The molecule has 1 nitrogen and oxygen atoms in total. The minimum absolute atomic E-state index is 0.621. The first-order chi connectivity index (χ1) is 8.13. The first-order valence-corrected chi connectivity index (χ1v) is 7.48. The maximum atomic E-state index is 3.65. The van der Waals surface area contributed by atoms with Crippen LogP contribution in [0.1, 0.15) is 50.7 Å². The molecule has 0 fully saturated rings. The number of halogens is 1. The van der Waals surface area contributed by atoms with Gasteiger partial charge in [-0.25, -0.2) is 0 Å². The number of hydrogen-bond donors (Lipinski definition) is 1. The number of nitrogens with one attached hydrogen (secondary N) is 1. The molecule has 0 radical (unpaired) electrons. The van der Waals surface area contributed by atoms with Gasteiger partial charge < -0.3 is 5.32 Å². The number of hydrogen-bond acceptors (Lipinski definition) is 1. The molecule has 2 heteroatoms. The predicted octanol–water partition coefficient (Wildman–Crippen LogP) is 4.46. The van der Waals surface area contributed by atoms with E-state index in [9.17, 15) is 0 Å². The zero-order valence-corrected chi connectivity index (χ0v) is 12.8. The standard InChI is InChI=1S/C15H24BrN/c1-4-15(16)9-10-17-11-13-5-7-14(8-6-13)12(2)3/h5-8,12,15,17H,4,9-11H2,1-3H3. The normalized spacial score (nSPS) is 13.0. The fraction of sp³-hybridized carbons (Fsp3) is 0.600. The van der Waals surface area contributed by atoms with Gasteiger partial charge in [-0.15, -0.1) is 0 Å². The molecule has 17 heavy (non-hydrogen) atoms. The smallest absolute Gasteiger partial charge is 0.0205 e. The van der Waals surface area contributed by atoms with Gasteiger partial charge in [-0.05, 0) is 36.4 Å². The summed E-state index contributed by atoms with van der Waals surface area (Å²) in [5, 5.41) is 3.49. The van der Waals surface area contributed by atoms with Crippen LogP contribution < -0.4 is 5.32 Å². The Hall–Kier alpha value is -0.340. The molecule has 1 aromatic rings. The Bertz CT molecular complexity index is 305. The summed E-state index contributed by atoms with van der Waals surface area (Å²) in [6, 6.07) is 8.93. The van der Waals surface area contributed by atoms with E-state index in [-0.39, 0.29) is 0 Å². The summed E-state index contributed by atoms with van der Waals surface area (Å²) >= 11 is 3.65. The van der Waals surface area contributed by atoms with E-state index < -0.39 is 0 Å². The summed E-state index contributed by atoms with van der Waals surface area (Å²) in [7, 11) is 0. The highest BCUT2D eigenvalue weighted by molar-refractivity contribution is 9.09. The van der Waals surface area contributed by atoms with Gasteiger partial charge in [0.25, 0.3) is 0 Å². The van der Waals surface area contributed by atoms with Gasteiger partial charge in [0.1, 0.15) is 0 Å². The van der Waals surface area contributed by atoms with E-state index in [1.807, 2.05) is 0 Å². The van der Waals surface area contributed by atoms with E-state index in [4.69, 9.17) is 0 Å². The molecule has 0 amide bonds. The quantitative estimate of drug-likeness (QED) is 0.579. The van der Waals surface area contributed by atoms with Gasteiger partial charge in [0.2, 0.25) is 0 Å². The molecule has 96 valence electrons. The highest BCUT2D eigenvalue weighted by Crippen LogP contribution is 2.14. The van der Waals surface area contributed by atoms with Crippen molar-refractivity contribution in [2.45, 2.75) is 50.9 Å². The van der Waals surface area contributed by atoms with Gasteiger partial charge in [0.05, 0.1) is 0 Å². The number of alkyl halides is 1. The Morgan fingerprint density at radius 2 is 1.82 bits per heavy atom. The molecule has 0 aliphatic rings.